The van der Waals surface area contributed by atoms with Crippen molar-refractivity contribution in [3.63, 3.8) is 0 Å². The van der Waals surface area contributed by atoms with Gasteiger partial charge in [-0.1, -0.05) is 23.7 Å². The number of rotatable bonds is 3. The highest BCUT2D eigenvalue weighted by Crippen LogP contribution is 2.32. The third kappa shape index (κ3) is 3.72. The van der Waals surface area contributed by atoms with Crippen LogP contribution in [0, 0.1) is 0 Å². The van der Waals surface area contributed by atoms with Crippen molar-refractivity contribution < 1.29 is 18.3 Å². The van der Waals surface area contributed by atoms with Gasteiger partial charge in [0, 0.05) is 11.3 Å². The summed E-state index contributed by atoms with van der Waals surface area (Å²) >= 11 is 7.07. The second-order valence-electron chi connectivity index (χ2n) is 4.05. The third-order valence-corrected chi connectivity index (χ3v) is 3.88. The van der Waals surface area contributed by atoms with E-state index >= 15 is 0 Å². The predicted octanol–water partition coefficient (Wildman–Crippen LogP) is 4.70. The molecule has 0 aliphatic carbocycles. The molecular formula is C13H10ClF3OS. The molecule has 0 spiro atoms. The Morgan fingerprint density at radius 2 is 1.95 bits per heavy atom. The summed E-state index contributed by atoms with van der Waals surface area (Å²) in [6.45, 7) is 0. The van der Waals surface area contributed by atoms with Crippen LogP contribution in [0.15, 0.2) is 36.4 Å². The van der Waals surface area contributed by atoms with Crippen LogP contribution in [0.4, 0.5) is 13.2 Å². The summed E-state index contributed by atoms with van der Waals surface area (Å²) < 4.78 is 38.3. The average molecular weight is 307 g/mol. The molecule has 2 aromatic rings. The van der Waals surface area contributed by atoms with Gasteiger partial charge in [-0.15, -0.1) is 11.3 Å². The van der Waals surface area contributed by atoms with E-state index in [2.05, 4.69) is 0 Å². The van der Waals surface area contributed by atoms with E-state index in [1.807, 2.05) is 0 Å². The molecule has 6 heteroatoms. The van der Waals surface area contributed by atoms with E-state index in [9.17, 15) is 18.3 Å². The quantitative estimate of drug-likeness (QED) is 0.871. The first-order valence-electron chi connectivity index (χ1n) is 5.45. The van der Waals surface area contributed by atoms with E-state index < -0.39 is 17.8 Å². The third-order valence-electron chi connectivity index (χ3n) is 2.62. The molecule has 1 nitrogen and oxygen atoms in total. The summed E-state index contributed by atoms with van der Waals surface area (Å²) in [5.41, 5.74) is -0.507. The lowest BCUT2D eigenvalue weighted by molar-refractivity contribution is -0.137. The Morgan fingerprint density at radius 3 is 2.53 bits per heavy atom. The summed E-state index contributed by atoms with van der Waals surface area (Å²) in [6, 6.07) is 8.18. The maximum absolute atomic E-state index is 12.6. The van der Waals surface area contributed by atoms with Gasteiger partial charge >= 0.3 is 6.18 Å². The number of hydrogen-bond acceptors (Lipinski definition) is 2. The monoisotopic (exact) mass is 306 g/mol. The molecule has 102 valence electrons. The first kappa shape index (κ1) is 14.4. The molecule has 0 saturated heterocycles. The fourth-order valence-electron chi connectivity index (χ4n) is 1.69. The van der Waals surface area contributed by atoms with Gasteiger partial charge in [0.05, 0.1) is 16.0 Å². The fraction of sp³-hybridized carbons (Fsp3) is 0.231. The Hall–Kier alpha value is -1.04. The molecule has 0 amide bonds. The predicted molar refractivity (Wildman–Crippen MR) is 69.4 cm³/mol. The van der Waals surface area contributed by atoms with Crippen LogP contribution in [0.5, 0.6) is 0 Å². The summed E-state index contributed by atoms with van der Waals surface area (Å²) in [6.07, 6.45) is -5.13. The van der Waals surface area contributed by atoms with Crippen LogP contribution in [0.3, 0.4) is 0 Å². The number of benzene rings is 1. The number of alkyl halides is 3. The van der Waals surface area contributed by atoms with Crippen molar-refractivity contribution in [2.75, 3.05) is 0 Å². The van der Waals surface area contributed by atoms with E-state index in [-0.39, 0.29) is 12.0 Å². The highest BCUT2D eigenvalue weighted by Gasteiger charge is 2.30. The number of aliphatic hydroxyl groups is 1. The van der Waals surface area contributed by atoms with Gasteiger partial charge in [-0.2, -0.15) is 13.2 Å². The molecule has 1 heterocycles. The molecule has 1 aromatic heterocycles. The molecule has 0 radical (unpaired) electrons. The van der Waals surface area contributed by atoms with Crippen molar-refractivity contribution in [2.45, 2.75) is 18.7 Å². The molecule has 0 saturated carbocycles. The zero-order valence-corrected chi connectivity index (χ0v) is 11.2. The van der Waals surface area contributed by atoms with Crippen LogP contribution >= 0.6 is 22.9 Å². The number of thiophene rings is 1. The Balaban J connectivity index is 2.17. The van der Waals surface area contributed by atoms with E-state index in [1.54, 1.807) is 12.1 Å². The Morgan fingerprint density at radius 1 is 1.21 bits per heavy atom. The van der Waals surface area contributed by atoms with Crippen LogP contribution in [-0.4, -0.2) is 5.11 Å². The van der Waals surface area contributed by atoms with Crippen LogP contribution in [0.1, 0.15) is 22.1 Å². The van der Waals surface area contributed by atoms with Gasteiger partial charge < -0.3 is 5.11 Å². The number of hydrogen-bond donors (Lipinski definition) is 1. The van der Waals surface area contributed by atoms with Crippen LogP contribution in [0.25, 0.3) is 0 Å². The molecule has 1 N–H and O–H groups in total. The molecule has 0 aliphatic rings. The SMILES string of the molecule is OC(Cc1ccc(Cl)s1)c1cccc(C(F)(F)F)c1. The summed E-state index contributed by atoms with van der Waals surface area (Å²) in [7, 11) is 0. The van der Waals surface area contributed by atoms with Gasteiger partial charge in [-0.25, -0.2) is 0 Å². The highest BCUT2D eigenvalue weighted by molar-refractivity contribution is 7.16. The first-order chi connectivity index (χ1) is 8.86. The maximum atomic E-state index is 12.6. The zero-order chi connectivity index (χ0) is 14.0. The summed E-state index contributed by atoms with van der Waals surface area (Å²) in [5.74, 6) is 0. The van der Waals surface area contributed by atoms with Gasteiger partial charge in [0.25, 0.3) is 0 Å². The normalized spacial score (nSPS) is 13.5. The maximum Gasteiger partial charge on any atom is 0.416 e. The molecule has 0 bridgehead atoms. The molecular weight excluding hydrogens is 297 g/mol. The Labute approximate surface area is 117 Å². The van der Waals surface area contributed by atoms with E-state index in [1.165, 1.54) is 23.5 Å². The minimum Gasteiger partial charge on any atom is -0.388 e. The fourth-order valence-corrected chi connectivity index (χ4v) is 2.82. The molecule has 1 atom stereocenters. The van der Waals surface area contributed by atoms with E-state index in [0.717, 1.165) is 17.0 Å². The number of aliphatic hydroxyl groups excluding tert-OH is 1. The van der Waals surface area contributed by atoms with E-state index in [4.69, 9.17) is 11.6 Å². The molecule has 2 rings (SSSR count). The standard InChI is InChI=1S/C13H10ClF3OS/c14-12-5-4-10(19-12)7-11(18)8-2-1-3-9(6-8)13(15,16)17/h1-6,11,18H,7H2. The van der Waals surface area contributed by atoms with Crippen LogP contribution in [-0.2, 0) is 12.6 Å². The lowest BCUT2D eigenvalue weighted by Crippen LogP contribution is -2.07. The van der Waals surface area contributed by atoms with Crippen molar-refractivity contribution in [3.05, 3.63) is 56.7 Å². The first-order valence-corrected chi connectivity index (χ1v) is 6.65. The van der Waals surface area contributed by atoms with Crippen molar-refractivity contribution in [1.82, 2.24) is 0 Å². The average Bonchev–Trinajstić information content (AvgIpc) is 2.74. The van der Waals surface area contributed by atoms with Crippen molar-refractivity contribution >= 4 is 22.9 Å². The minimum atomic E-state index is -4.40. The van der Waals surface area contributed by atoms with Crippen molar-refractivity contribution in [2.24, 2.45) is 0 Å². The highest BCUT2D eigenvalue weighted by atomic mass is 35.5. The Kier molecular flexibility index (Phi) is 4.18. The van der Waals surface area contributed by atoms with Gasteiger partial charge in [0.2, 0.25) is 0 Å². The second kappa shape index (κ2) is 5.53. The summed E-state index contributed by atoms with van der Waals surface area (Å²) in [5, 5.41) is 9.97. The topological polar surface area (TPSA) is 20.2 Å². The van der Waals surface area contributed by atoms with Crippen LogP contribution in [0.2, 0.25) is 4.34 Å². The van der Waals surface area contributed by atoms with Gasteiger partial charge in [-0.3, -0.25) is 0 Å². The number of halogens is 4. The molecule has 1 unspecified atom stereocenters. The molecule has 0 aliphatic heterocycles. The smallest absolute Gasteiger partial charge is 0.388 e. The van der Waals surface area contributed by atoms with Gasteiger partial charge in [0.1, 0.15) is 0 Å². The van der Waals surface area contributed by atoms with Gasteiger partial charge in [-0.05, 0) is 29.8 Å². The summed E-state index contributed by atoms with van der Waals surface area (Å²) in [4.78, 5) is 0.829. The van der Waals surface area contributed by atoms with Crippen molar-refractivity contribution in [1.29, 1.82) is 0 Å². The minimum absolute atomic E-state index is 0.249. The van der Waals surface area contributed by atoms with Gasteiger partial charge in [0.15, 0.2) is 0 Å². The van der Waals surface area contributed by atoms with Crippen LogP contribution < -0.4 is 0 Å². The molecule has 19 heavy (non-hydrogen) atoms. The lowest BCUT2D eigenvalue weighted by Gasteiger charge is -2.13. The molecule has 1 aromatic carbocycles. The largest absolute Gasteiger partial charge is 0.416 e. The second-order valence-corrected chi connectivity index (χ2v) is 5.85. The van der Waals surface area contributed by atoms with E-state index in [0.29, 0.717) is 4.34 Å². The zero-order valence-electron chi connectivity index (χ0n) is 9.62. The lowest BCUT2D eigenvalue weighted by atomic mass is 10.0. The Bertz CT molecular complexity index is 565. The van der Waals surface area contributed by atoms with Crippen molar-refractivity contribution in [3.8, 4) is 0 Å². The molecule has 0 fully saturated rings.